The molecule has 0 aromatic carbocycles. The lowest BCUT2D eigenvalue weighted by molar-refractivity contribution is -0.0828. The van der Waals surface area contributed by atoms with Crippen molar-refractivity contribution in [2.24, 2.45) is 22.7 Å². The number of hydrogen-bond acceptors (Lipinski definition) is 2. The van der Waals surface area contributed by atoms with Gasteiger partial charge in [-0.25, -0.2) is 0 Å². The predicted molar refractivity (Wildman–Crippen MR) is 76.0 cm³/mol. The van der Waals surface area contributed by atoms with Crippen LogP contribution in [0.1, 0.15) is 56.0 Å². The summed E-state index contributed by atoms with van der Waals surface area (Å²) in [7, 11) is 0. The van der Waals surface area contributed by atoms with Crippen LogP contribution >= 0.6 is 15.9 Å². The molecule has 2 atom stereocenters. The molecule has 4 bridgehead atoms. The van der Waals surface area contributed by atoms with E-state index in [1.807, 2.05) is 6.07 Å². The number of rotatable bonds is 2. The zero-order valence-electron chi connectivity index (χ0n) is 11.2. The Balaban J connectivity index is 1.74. The van der Waals surface area contributed by atoms with Gasteiger partial charge in [-0.05, 0) is 77.8 Å². The van der Waals surface area contributed by atoms with Crippen molar-refractivity contribution in [3.8, 4) is 0 Å². The maximum atomic E-state index is 13.0. The topological polar surface area (TPSA) is 30.2 Å². The molecule has 19 heavy (non-hydrogen) atoms. The highest BCUT2D eigenvalue weighted by molar-refractivity contribution is 9.10. The molecule has 1 aromatic heterocycles. The van der Waals surface area contributed by atoms with Crippen molar-refractivity contribution >= 4 is 21.7 Å². The summed E-state index contributed by atoms with van der Waals surface area (Å²) in [5, 5.41) is 0. The van der Waals surface area contributed by atoms with Crippen LogP contribution in [0.3, 0.4) is 0 Å². The summed E-state index contributed by atoms with van der Waals surface area (Å²) in [6, 6.07) is 1.83. The van der Waals surface area contributed by atoms with Crippen molar-refractivity contribution in [2.45, 2.75) is 45.4 Å². The van der Waals surface area contributed by atoms with Crippen molar-refractivity contribution < 1.29 is 9.21 Å². The Hall–Kier alpha value is -0.570. The Morgan fingerprint density at radius 2 is 2.00 bits per heavy atom. The molecule has 0 amide bonds. The first kappa shape index (κ1) is 12.2. The summed E-state index contributed by atoms with van der Waals surface area (Å²) in [6.45, 7) is 2.39. The largest absolute Gasteiger partial charge is 0.460 e. The highest BCUT2D eigenvalue weighted by atomic mass is 79.9. The van der Waals surface area contributed by atoms with Gasteiger partial charge in [-0.2, -0.15) is 0 Å². The fourth-order valence-electron chi connectivity index (χ4n) is 5.68. The molecule has 4 saturated carbocycles. The van der Waals surface area contributed by atoms with Crippen LogP contribution in [0.15, 0.2) is 21.2 Å². The van der Waals surface area contributed by atoms with Gasteiger partial charge >= 0.3 is 0 Å². The molecular formula is C16H19BrO2. The van der Waals surface area contributed by atoms with Gasteiger partial charge in [0, 0.05) is 5.41 Å². The Bertz CT molecular complexity index is 531. The van der Waals surface area contributed by atoms with Crippen molar-refractivity contribution in [3.05, 3.63) is 22.6 Å². The Morgan fingerprint density at radius 3 is 2.53 bits per heavy atom. The number of furan rings is 1. The van der Waals surface area contributed by atoms with Crippen molar-refractivity contribution in [3.63, 3.8) is 0 Å². The van der Waals surface area contributed by atoms with Gasteiger partial charge in [-0.1, -0.05) is 6.92 Å². The van der Waals surface area contributed by atoms with Gasteiger partial charge in [0.1, 0.15) is 0 Å². The van der Waals surface area contributed by atoms with Crippen LogP contribution in [-0.2, 0) is 0 Å². The zero-order chi connectivity index (χ0) is 13.3. The second kappa shape index (κ2) is 3.75. The average molecular weight is 323 g/mol. The van der Waals surface area contributed by atoms with E-state index in [0.29, 0.717) is 11.2 Å². The number of halogens is 1. The molecule has 0 radical (unpaired) electrons. The van der Waals surface area contributed by atoms with Crippen molar-refractivity contribution in [2.75, 3.05) is 0 Å². The van der Waals surface area contributed by atoms with E-state index in [1.165, 1.54) is 19.3 Å². The Morgan fingerprint density at radius 1 is 1.32 bits per heavy atom. The minimum absolute atomic E-state index is 0.126. The zero-order valence-corrected chi connectivity index (χ0v) is 12.8. The molecule has 0 saturated heterocycles. The molecule has 4 aliphatic rings. The van der Waals surface area contributed by atoms with Crippen LogP contribution in [-0.4, -0.2) is 5.78 Å². The molecule has 5 rings (SSSR count). The van der Waals surface area contributed by atoms with Gasteiger partial charge in [-0.3, -0.25) is 4.79 Å². The van der Waals surface area contributed by atoms with E-state index in [0.717, 1.165) is 35.6 Å². The van der Waals surface area contributed by atoms with Crippen LogP contribution in [0.2, 0.25) is 0 Å². The standard InChI is InChI=1S/C16H19BrO2/c1-15-5-10-4-11(6-15)8-16(7-10,9-15)14(18)13-12(17)2-3-19-13/h2-3,10-11H,4-9H2,1H3. The Labute approximate surface area is 122 Å². The third-order valence-electron chi connectivity index (χ3n) is 5.66. The molecule has 0 spiro atoms. The summed E-state index contributed by atoms with van der Waals surface area (Å²) in [5.74, 6) is 2.34. The monoisotopic (exact) mass is 322 g/mol. The molecule has 4 fully saturated rings. The highest BCUT2D eigenvalue weighted by Gasteiger charge is 2.59. The number of ketones is 1. The SMILES string of the molecule is CC12CC3CC(C1)CC(C(=O)c1occc1Br)(C3)C2. The first-order chi connectivity index (χ1) is 9.00. The minimum atomic E-state index is -0.126. The van der Waals surface area contributed by atoms with Gasteiger partial charge in [-0.15, -0.1) is 0 Å². The highest BCUT2D eigenvalue weighted by Crippen LogP contribution is 2.65. The normalized spacial score (nSPS) is 43.7. The summed E-state index contributed by atoms with van der Waals surface area (Å²) in [4.78, 5) is 13.0. The summed E-state index contributed by atoms with van der Waals surface area (Å²) in [5.41, 5.74) is 0.276. The van der Waals surface area contributed by atoms with Crippen molar-refractivity contribution in [1.29, 1.82) is 0 Å². The summed E-state index contributed by atoms with van der Waals surface area (Å²) >= 11 is 3.45. The lowest BCUT2D eigenvalue weighted by Crippen LogP contribution is -2.54. The molecule has 102 valence electrons. The van der Waals surface area contributed by atoms with Crippen LogP contribution in [0.25, 0.3) is 0 Å². The maximum absolute atomic E-state index is 13.0. The van der Waals surface area contributed by atoms with Gasteiger partial charge in [0.15, 0.2) is 5.76 Å². The lowest BCUT2D eigenvalue weighted by atomic mass is 9.43. The van der Waals surface area contributed by atoms with Gasteiger partial charge in [0.25, 0.3) is 0 Å². The summed E-state index contributed by atoms with van der Waals surface area (Å²) in [6.07, 6.45) is 8.87. The van der Waals surface area contributed by atoms with Crippen LogP contribution in [0.4, 0.5) is 0 Å². The van der Waals surface area contributed by atoms with E-state index in [2.05, 4.69) is 22.9 Å². The quantitative estimate of drug-likeness (QED) is 0.730. The third kappa shape index (κ3) is 1.70. The van der Waals surface area contributed by atoms with Crippen molar-refractivity contribution in [1.82, 2.24) is 0 Å². The van der Waals surface area contributed by atoms with E-state index in [4.69, 9.17) is 4.42 Å². The lowest BCUT2D eigenvalue weighted by Gasteiger charge is -2.60. The molecule has 1 heterocycles. The molecule has 0 aliphatic heterocycles. The fraction of sp³-hybridized carbons (Fsp3) is 0.688. The maximum Gasteiger partial charge on any atom is 0.205 e. The second-order valence-corrected chi connectivity index (χ2v) is 8.33. The van der Waals surface area contributed by atoms with E-state index in [9.17, 15) is 4.79 Å². The molecule has 0 N–H and O–H groups in total. The van der Waals surface area contributed by atoms with Gasteiger partial charge in [0.05, 0.1) is 10.7 Å². The molecule has 3 heteroatoms. The number of hydrogen-bond donors (Lipinski definition) is 0. The van der Waals surface area contributed by atoms with E-state index in [-0.39, 0.29) is 11.2 Å². The van der Waals surface area contributed by atoms with E-state index < -0.39 is 0 Å². The fourth-order valence-corrected chi connectivity index (χ4v) is 6.06. The smallest absolute Gasteiger partial charge is 0.205 e. The van der Waals surface area contributed by atoms with E-state index >= 15 is 0 Å². The number of carbonyl (C=O) groups is 1. The molecule has 2 nitrogen and oxygen atoms in total. The number of Topliss-reactive ketones (excluding diaryl/α,β-unsaturated/α-hetero) is 1. The first-order valence-electron chi connectivity index (χ1n) is 7.28. The number of carbonyl (C=O) groups excluding carboxylic acids is 1. The predicted octanol–water partition coefficient (Wildman–Crippen LogP) is 4.83. The molecular weight excluding hydrogens is 304 g/mol. The second-order valence-electron chi connectivity index (χ2n) is 7.48. The third-order valence-corrected chi connectivity index (χ3v) is 6.28. The molecule has 1 aromatic rings. The van der Waals surface area contributed by atoms with Crippen LogP contribution in [0, 0.1) is 22.7 Å². The Kier molecular flexibility index (Phi) is 2.41. The van der Waals surface area contributed by atoms with Gasteiger partial charge in [0.2, 0.25) is 5.78 Å². The summed E-state index contributed by atoms with van der Waals surface area (Å²) < 4.78 is 6.27. The van der Waals surface area contributed by atoms with Crippen LogP contribution < -0.4 is 0 Å². The molecule has 4 aliphatic carbocycles. The van der Waals surface area contributed by atoms with Crippen LogP contribution in [0.5, 0.6) is 0 Å². The van der Waals surface area contributed by atoms with Gasteiger partial charge < -0.3 is 4.42 Å². The minimum Gasteiger partial charge on any atom is -0.460 e. The van der Waals surface area contributed by atoms with E-state index in [1.54, 1.807) is 6.26 Å². The average Bonchev–Trinajstić information content (AvgIpc) is 2.71. The molecule has 2 unspecified atom stereocenters. The first-order valence-corrected chi connectivity index (χ1v) is 8.07.